The fourth-order valence-corrected chi connectivity index (χ4v) is 4.07. The molecule has 0 bridgehead atoms. The molecular weight excluding hydrogens is 280 g/mol. The molecule has 1 aliphatic carbocycles. The lowest BCUT2D eigenvalue weighted by Crippen LogP contribution is -2.28. The maximum atomic E-state index is 5.03. The standard InChI is InChI=1S/C16H28N4S/c1-3-7-17-12-14-15(13-5-6-13)18-16(21-14)20-9-4-8-19(2)10-11-20/h13,17H,3-12H2,1-2H3. The van der Waals surface area contributed by atoms with Crippen LogP contribution in [-0.4, -0.2) is 49.7 Å². The average Bonchev–Trinajstić information content (AvgIpc) is 3.26. The van der Waals surface area contributed by atoms with Gasteiger partial charge in [0.1, 0.15) is 0 Å². The Kier molecular flexibility index (Phi) is 5.14. The predicted molar refractivity (Wildman–Crippen MR) is 90.4 cm³/mol. The third-order valence-electron chi connectivity index (χ3n) is 4.38. The van der Waals surface area contributed by atoms with E-state index in [2.05, 4.69) is 29.1 Å². The van der Waals surface area contributed by atoms with E-state index in [-0.39, 0.29) is 0 Å². The van der Waals surface area contributed by atoms with Crippen LogP contribution in [0.15, 0.2) is 0 Å². The van der Waals surface area contributed by atoms with Gasteiger partial charge in [0, 0.05) is 37.0 Å². The molecule has 1 saturated heterocycles. The quantitative estimate of drug-likeness (QED) is 0.819. The summed E-state index contributed by atoms with van der Waals surface area (Å²) in [4.78, 5) is 11.4. The lowest BCUT2D eigenvalue weighted by atomic mass is 10.2. The van der Waals surface area contributed by atoms with Gasteiger partial charge in [0.05, 0.1) is 5.69 Å². The van der Waals surface area contributed by atoms with Crippen molar-refractivity contribution in [3.63, 3.8) is 0 Å². The molecule has 2 fully saturated rings. The van der Waals surface area contributed by atoms with Gasteiger partial charge in [0.25, 0.3) is 0 Å². The Bertz CT molecular complexity index is 455. The Labute approximate surface area is 132 Å². The minimum atomic E-state index is 0.753. The third-order valence-corrected chi connectivity index (χ3v) is 5.51. The molecule has 3 rings (SSSR count). The Morgan fingerprint density at radius 1 is 1.24 bits per heavy atom. The zero-order chi connectivity index (χ0) is 14.7. The van der Waals surface area contributed by atoms with Crippen LogP contribution in [0.4, 0.5) is 5.13 Å². The summed E-state index contributed by atoms with van der Waals surface area (Å²) in [7, 11) is 2.22. The van der Waals surface area contributed by atoms with Crippen LogP contribution >= 0.6 is 11.3 Å². The van der Waals surface area contributed by atoms with Gasteiger partial charge in [-0.3, -0.25) is 0 Å². The van der Waals surface area contributed by atoms with Gasteiger partial charge in [-0.15, -0.1) is 11.3 Å². The summed E-state index contributed by atoms with van der Waals surface area (Å²) in [5.74, 6) is 0.753. The van der Waals surface area contributed by atoms with Gasteiger partial charge >= 0.3 is 0 Å². The Hall–Kier alpha value is -0.650. The van der Waals surface area contributed by atoms with E-state index in [1.165, 1.54) is 47.9 Å². The molecule has 1 saturated carbocycles. The van der Waals surface area contributed by atoms with E-state index in [1.807, 2.05) is 11.3 Å². The number of nitrogens with one attached hydrogen (secondary N) is 1. The van der Waals surface area contributed by atoms with E-state index in [9.17, 15) is 0 Å². The Balaban J connectivity index is 1.71. The van der Waals surface area contributed by atoms with Crippen molar-refractivity contribution < 1.29 is 0 Å². The summed E-state index contributed by atoms with van der Waals surface area (Å²) >= 11 is 1.93. The van der Waals surface area contributed by atoms with E-state index in [1.54, 1.807) is 0 Å². The molecule has 21 heavy (non-hydrogen) atoms. The summed E-state index contributed by atoms with van der Waals surface area (Å²) in [6.45, 7) is 8.97. The van der Waals surface area contributed by atoms with Gasteiger partial charge in [0.15, 0.2) is 5.13 Å². The molecular formula is C16H28N4S. The van der Waals surface area contributed by atoms with E-state index in [0.717, 1.165) is 38.6 Å². The highest BCUT2D eigenvalue weighted by atomic mass is 32.1. The van der Waals surface area contributed by atoms with Crippen LogP contribution in [0.1, 0.15) is 49.1 Å². The fraction of sp³-hybridized carbons (Fsp3) is 0.812. The molecule has 1 N–H and O–H groups in total. The number of rotatable bonds is 6. The van der Waals surface area contributed by atoms with Crippen LogP contribution in [0.5, 0.6) is 0 Å². The maximum absolute atomic E-state index is 5.03. The van der Waals surface area contributed by atoms with Gasteiger partial charge in [0.2, 0.25) is 0 Å². The number of thiazole rings is 1. The summed E-state index contributed by atoms with van der Waals surface area (Å²) in [5.41, 5.74) is 1.40. The van der Waals surface area contributed by atoms with Gasteiger partial charge in [-0.05, 0) is 45.8 Å². The molecule has 1 aliphatic heterocycles. The van der Waals surface area contributed by atoms with Crippen LogP contribution in [0.2, 0.25) is 0 Å². The van der Waals surface area contributed by atoms with Crippen LogP contribution in [0.3, 0.4) is 0 Å². The molecule has 1 aromatic heterocycles. The zero-order valence-electron chi connectivity index (χ0n) is 13.4. The van der Waals surface area contributed by atoms with Crippen molar-refractivity contribution in [1.29, 1.82) is 0 Å². The van der Waals surface area contributed by atoms with Crippen LogP contribution < -0.4 is 10.2 Å². The molecule has 0 unspecified atom stereocenters. The Morgan fingerprint density at radius 3 is 2.86 bits per heavy atom. The molecule has 2 aliphatic rings. The second-order valence-electron chi connectivity index (χ2n) is 6.40. The molecule has 0 radical (unpaired) electrons. The van der Waals surface area contributed by atoms with Crippen molar-refractivity contribution in [3.05, 3.63) is 10.6 Å². The third kappa shape index (κ3) is 3.96. The van der Waals surface area contributed by atoms with Crippen LogP contribution in [0.25, 0.3) is 0 Å². The maximum Gasteiger partial charge on any atom is 0.185 e. The smallest absolute Gasteiger partial charge is 0.185 e. The molecule has 1 aromatic rings. The van der Waals surface area contributed by atoms with E-state index in [4.69, 9.17) is 4.98 Å². The first kappa shape index (κ1) is 15.3. The number of hydrogen-bond donors (Lipinski definition) is 1. The highest BCUT2D eigenvalue weighted by Crippen LogP contribution is 2.44. The monoisotopic (exact) mass is 308 g/mol. The Morgan fingerprint density at radius 2 is 2.10 bits per heavy atom. The minimum Gasteiger partial charge on any atom is -0.347 e. The molecule has 0 amide bonds. The van der Waals surface area contributed by atoms with Crippen molar-refractivity contribution >= 4 is 16.5 Å². The molecule has 2 heterocycles. The van der Waals surface area contributed by atoms with E-state index in [0.29, 0.717) is 0 Å². The molecule has 0 spiro atoms. The summed E-state index contributed by atoms with van der Waals surface area (Å²) in [6.07, 6.45) is 5.13. The predicted octanol–water partition coefficient (Wildman–Crippen LogP) is 2.66. The average molecular weight is 308 g/mol. The second kappa shape index (κ2) is 7.07. The highest BCUT2D eigenvalue weighted by Gasteiger charge is 2.30. The van der Waals surface area contributed by atoms with Gasteiger partial charge < -0.3 is 15.1 Å². The fourth-order valence-electron chi connectivity index (χ4n) is 2.90. The van der Waals surface area contributed by atoms with Crippen molar-refractivity contribution in [2.45, 2.75) is 45.1 Å². The number of aromatic nitrogens is 1. The van der Waals surface area contributed by atoms with Gasteiger partial charge in [-0.1, -0.05) is 6.92 Å². The summed E-state index contributed by atoms with van der Waals surface area (Å²) < 4.78 is 0. The SMILES string of the molecule is CCCNCc1sc(N2CCCN(C)CC2)nc1C1CC1. The highest BCUT2D eigenvalue weighted by molar-refractivity contribution is 7.15. The molecule has 5 heteroatoms. The van der Waals surface area contributed by atoms with Gasteiger partial charge in [-0.2, -0.15) is 0 Å². The van der Waals surface area contributed by atoms with E-state index < -0.39 is 0 Å². The van der Waals surface area contributed by atoms with Gasteiger partial charge in [-0.25, -0.2) is 4.98 Å². The largest absolute Gasteiger partial charge is 0.347 e. The van der Waals surface area contributed by atoms with E-state index >= 15 is 0 Å². The number of nitrogens with zero attached hydrogens (tertiary/aromatic N) is 3. The molecule has 4 nitrogen and oxygen atoms in total. The number of hydrogen-bond acceptors (Lipinski definition) is 5. The molecule has 0 atom stereocenters. The number of anilines is 1. The first-order valence-corrected chi connectivity index (χ1v) is 9.23. The van der Waals surface area contributed by atoms with Crippen LogP contribution in [0, 0.1) is 0 Å². The first-order chi connectivity index (χ1) is 10.3. The molecule has 0 aromatic carbocycles. The first-order valence-electron chi connectivity index (χ1n) is 8.41. The molecule has 118 valence electrons. The van der Waals surface area contributed by atoms with Crippen molar-refractivity contribution in [3.8, 4) is 0 Å². The lowest BCUT2D eigenvalue weighted by Gasteiger charge is -2.19. The van der Waals surface area contributed by atoms with Crippen molar-refractivity contribution in [2.75, 3.05) is 44.7 Å². The second-order valence-corrected chi connectivity index (χ2v) is 7.46. The minimum absolute atomic E-state index is 0.753. The normalized spacial score (nSPS) is 20.8. The van der Waals surface area contributed by atoms with Crippen LogP contribution in [-0.2, 0) is 6.54 Å². The topological polar surface area (TPSA) is 31.4 Å². The number of likely N-dealkylation sites (N-methyl/N-ethyl adjacent to an activating group) is 1. The summed E-state index contributed by atoms with van der Waals surface area (Å²) in [5, 5.41) is 4.82. The summed E-state index contributed by atoms with van der Waals surface area (Å²) in [6, 6.07) is 0. The zero-order valence-corrected chi connectivity index (χ0v) is 14.2. The van der Waals surface area contributed by atoms with Crippen molar-refractivity contribution in [1.82, 2.24) is 15.2 Å². The lowest BCUT2D eigenvalue weighted by molar-refractivity contribution is 0.360. The van der Waals surface area contributed by atoms with Crippen molar-refractivity contribution in [2.24, 2.45) is 0 Å².